The molecular weight excluding hydrogens is 408 g/mol. The number of carbonyl (C=O) groups excluding carboxylic acids is 1. The highest BCUT2D eigenvalue weighted by Gasteiger charge is 2.20. The number of benzene rings is 1. The van der Waals surface area contributed by atoms with Crippen LogP contribution in [0.2, 0.25) is 25.7 Å². The molecule has 0 bridgehead atoms. The summed E-state index contributed by atoms with van der Waals surface area (Å²) in [4.78, 5) is 12.0. The summed E-state index contributed by atoms with van der Waals surface area (Å²) in [5.74, 6) is 0.689. The minimum atomic E-state index is -1.01. The number of rotatable bonds is 15. The van der Waals surface area contributed by atoms with E-state index in [9.17, 15) is 9.90 Å². The zero-order valence-electron chi connectivity index (χ0n) is 20.3. The Labute approximate surface area is 189 Å². The van der Waals surface area contributed by atoms with Gasteiger partial charge < -0.3 is 24.4 Å². The Kier molecular flexibility index (Phi) is 12.1. The molecule has 7 heteroatoms. The second-order valence-corrected chi connectivity index (χ2v) is 15.6. The third-order valence-electron chi connectivity index (χ3n) is 5.01. The van der Waals surface area contributed by atoms with Crippen molar-refractivity contribution in [3.8, 4) is 5.75 Å². The van der Waals surface area contributed by atoms with Crippen LogP contribution in [-0.2, 0) is 9.53 Å². The Morgan fingerprint density at radius 1 is 1.19 bits per heavy atom. The molecule has 1 aromatic carbocycles. The molecule has 31 heavy (non-hydrogen) atoms. The number of aliphatic hydroxyl groups excluding tert-OH is 1. The van der Waals surface area contributed by atoms with Gasteiger partial charge in [0.25, 0.3) is 0 Å². The van der Waals surface area contributed by atoms with Crippen LogP contribution in [0.15, 0.2) is 30.3 Å². The molecule has 2 N–H and O–H groups in total. The lowest BCUT2D eigenvalue weighted by Gasteiger charge is -2.32. The fourth-order valence-electron chi connectivity index (χ4n) is 3.30. The first-order valence-electron chi connectivity index (χ1n) is 11.2. The zero-order chi connectivity index (χ0) is 23.3. The van der Waals surface area contributed by atoms with E-state index in [4.69, 9.17) is 9.47 Å². The van der Waals surface area contributed by atoms with Gasteiger partial charge in [0.15, 0.2) is 0 Å². The van der Waals surface area contributed by atoms with Gasteiger partial charge in [0.2, 0.25) is 5.91 Å². The minimum absolute atomic E-state index is 0.104. The number of likely N-dealkylation sites (N-methyl/N-ethyl adjacent to an activating group) is 1. The van der Waals surface area contributed by atoms with Crippen molar-refractivity contribution in [3.63, 3.8) is 0 Å². The van der Waals surface area contributed by atoms with E-state index in [0.717, 1.165) is 37.3 Å². The number of hydrogen-bond donors (Lipinski definition) is 2. The van der Waals surface area contributed by atoms with Crippen LogP contribution in [0, 0.1) is 0 Å². The van der Waals surface area contributed by atoms with Gasteiger partial charge in [0.05, 0.1) is 34.4 Å². The van der Waals surface area contributed by atoms with Gasteiger partial charge in [-0.25, -0.2) is 0 Å². The van der Waals surface area contributed by atoms with E-state index in [2.05, 4.69) is 39.1 Å². The van der Waals surface area contributed by atoms with Gasteiger partial charge in [-0.05, 0) is 30.2 Å². The molecule has 0 spiro atoms. The number of carbonyl (C=O) groups is 1. The van der Waals surface area contributed by atoms with Gasteiger partial charge >= 0.3 is 0 Å². The third kappa shape index (κ3) is 14.1. The van der Waals surface area contributed by atoms with Gasteiger partial charge in [-0.2, -0.15) is 0 Å². The number of amides is 1. The molecule has 6 nitrogen and oxygen atoms in total. The summed E-state index contributed by atoms with van der Waals surface area (Å²) < 4.78 is 11.5. The van der Waals surface area contributed by atoms with Crippen molar-refractivity contribution in [1.29, 1.82) is 0 Å². The van der Waals surface area contributed by atoms with Gasteiger partial charge in [0.1, 0.15) is 18.4 Å². The molecule has 0 radical (unpaired) electrons. The third-order valence-corrected chi connectivity index (χ3v) is 6.87. The lowest BCUT2D eigenvalue weighted by atomic mass is 10.2. The quantitative estimate of drug-likeness (QED) is 0.186. The Hall–Kier alpha value is -1.67. The van der Waals surface area contributed by atoms with Crippen molar-refractivity contribution in [3.05, 3.63) is 35.9 Å². The number of quaternary nitrogens is 1. The fraction of sp³-hybridized carbons (Fsp3) is 0.625. The van der Waals surface area contributed by atoms with Gasteiger partial charge in [0, 0.05) is 33.7 Å². The Balaban J connectivity index is 2.19. The molecule has 1 amide bonds. The number of nitrogens with one attached hydrogen (secondary N) is 1. The van der Waals surface area contributed by atoms with Crippen molar-refractivity contribution >= 4 is 20.1 Å². The molecule has 1 rings (SSSR count). The van der Waals surface area contributed by atoms with Crippen molar-refractivity contribution in [1.82, 2.24) is 5.32 Å². The van der Waals surface area contributed by atoms with Gasteiger partial charge in [-0.15, -0.1) is 0 Å². The van der Waals surface area contributed by atoms with E-state index in [1.165, 1.54) is 6.04 Å². The molecule has 0 fully saturated rings. The fourth-order valence-corrected chi connectivity index (χ4v) is 4.51. The maximum absolute atomic E-state index is 12.0. The SMILES string of the molecule is COc1ccc(C=CC(=O)NCCC[N+](C)(C)CC(O)COCCC[Si](C)(C)C)cc1. The van der Waals surface area contributed by atoms with Crippen LogP contribution in [0.5, 0.6) is 5.75 Å². The highest BCUT2D eigenvalue weighted by Crippen LogP contribution is 2.12. The Bertz CT molecular complexity index is 669. The first-order chi connectivity index (χ1) is 14.5. The van der Waals surface area contributed by atoms with Crippen molar-refractivity contribution in [2.75, 3.05) is 54.1 Å². The predicted molar refractivity (Wildman–Crippen MR) is 131 cm³/mol. The predicted octanol–water partition coefficient (Wildman–Crippen LogP) is 3.40. The zero-order valence-corrected chi connectivity index (χ0v) is 21.3. The van der Waals surface area contributed by atoms with Crippen molar-refractivity contribution in [2.24, 2.45) is 0 Å². The maximum Gasteiger partial charge on any atom is 0.244 e. The average molecular weight is 452 g/mol. The maximum atomic E-state index is 12.0. The first kappa shape index (κ1) is 27.4. The molecule has 1 aromatic rings. The summed E-state index contributed by atoms with van der Waals surface area (Å²) in [6.07, 6.45) is 4.79. The number of ether oxygens (including phenoxy) is 2. The molecule has 0 aliphatic heterocycles. The van der Waals surface area contributed by atoms with Crippen LogP contribution in [-0.4, -0.2) is 83.7 Å². The molecule has 0 aromatic heterocycles. The minimum Gasteiger partial charge on any atom is -0.497 e. The molecule has 0 aliphatic carbocycles. The van der Waals surface area contributed by atoms with Crippen LogP contribution >= 0.6 is 0 Å². The Morgan fingerprint density at radius 2 is 1.87 bits per heavy atom. The molecule has 1 unspecified atom stereocenters. The molecule has 0 saturated carbocycles. The van der Waals surface area contributed by atoms with Crippen LogP contribution in [0.4, 0.5) is 0 Å². The van der Waals surface area contributed by atoms with E-state index >= 15 is 0 Å². The number of aliphatic hydroxyl groups is 1. The van der Waals surface area contributed by atoms with E-state index in [1.807, 2.05) is 24.3 Å². The normalized spacial score (nSPS) is 13.4. The highest BCUT2D eigenvalue weighted by molar-refractivity contribution is 6.76. The van der Waals surface area contributed by atoms with E-state index in [1.54, 1.807) is 19.3 Å². The summed E-state index contributed by atoms with van der Waals surface area (Å²) in [6.45, 7) is 10.3. The first-order valence-corrected chi connectivity index (χ1v) is 14.9. The lowest BCUT2D eigenvalue weighted by Crippen LogP contribution is -2.47. The molecule has 0 saturated heterocycles. The topological polar surface area (TPSA) is 67.8 Å². The summed E-state index contributed by atoms with van der Waals surface area (Å²) in [5.41, 5.74) is 0.949. The second-order valence-electron chi connectivity index (χ2n) is 9.99. The molecule has 1 atom stereocenters. The average Bonchev–Trinajstić information content (AvgIpc) is 2.68. The van der Waals surface area contributed by atoms with Crippen molar-refractivity contribution in [2.45, 2.75) is 44.6 Å². The lowest BCUT2D eigenvalue weighted by molar-refractivity contribution is -0.893. The van der Waals surface area contributed by atoms with Crippen LogP contribution in [0.25, 0.3) is 6.08 Å². The summed E-state index contributed by atoms with van der Waals surface area (Å²) in [7, 11) is 4.81. The largest absolute Gasteiger partial charge is 0.497 e. The molecule has 176 valence electrons. The van der Waals surface area contributed by atoms with Crippen LogP contribution in [0.3, 0.4) is 0 Å². The number of nitrogens with zero attached hydrogens (tertiary/aromatic N) is 1. The van der Waals surface area contributed by atoms with Crippen molar-refractivity contribution < 1.29 is 23.9 Å². The monoisotopic (exact) mass is 451 g/mol. The number of methoxy groups -OCH3 is 1. The Morgan fingerprint density at radius 3 is 2.48 bits per heavy atom. The molecule has 0 heterocycles. The van der Waals surface area contributed by atoms with Crippen LogP contribution < -0.4 is 10.1 Å². The standard InChI is InChI=1S/C24H42N2O4Si/c1-26(2,19-22(27)20-30-17-8-18-31(4,5)6)16-7-15-25-24(28)14-11-21-9-12-23(29-3)13-10-21/h9-14,22,27H,7-8,15-20H2,1-6H3/p+1. The van der Waals surface area contributed by atoms with Gasteiger partial charge in [-0.1, -0.05) is 37.8 Å². The van der Waals surface area contributed by atoms with E-state index in [0.29, 0.717) is 24.2 Å². The molecule has 0 aliphatic rings. The van der Waals surface area contributed by atoms with E-state index in [-0.39, 0.29) is 5.91 Å². The van der Waals surface area contributed by atoms with E-state index < -0.39 is 14.2 Å². The van der Waals surface area contributed by atoms with Gasteiger partial charge in [-0.3, -0.25) is 4.79 Å². The second kappa shape index (κ2) is 13.7. The summed E-state index contributed by atoms with van der Waals surface area (Å²) >= 11 is 0. The summed E-state index contributed by atoms with van der Waals surface area (Å²) in [6, 6.07) is 8.80. The molecular formula is C24H43N2O4Si+. The highest BCUT2D eigenvalue weighted by atomic mass is 28.3. The summed E-state index contributed by atoms with van der Waals surface area (Å²) in [5, 5.41) is 13.2. The van der Waals surface area contributed by atoms with Crippen LogP contribution in [0.1, 0.15) is 18.4 Å². The number of hydrogen-bond acceptors (Lipinski definition) is 4. The smallest absolute Gasteiger partial charge is 0.244 e.